The minimum atomic E-state index is 0.124. The van der Waals surface area contributed by atoms with Crippen LogP contribution in [0.15, 0.2) is 24.3 Å². The molecular formula is C14H22N2O2. The van der Waals surface area contributed by atoms with Crippen LogP contribution >= 0.6 is 0 Å². The Labute approximate surface area is 109 Å². The van der Waals surface area contributed by atoms with Crippen LogP contribution in [0.2, 0.25) is 0 Å². The minimum absolute atomic E-state index is 0.124. The molecule has 2 N–H and O–H groups in total. The van der Waals surface area contributed by atoms with Crippen LogP contribution in [0.5, 0.6) is 5.75 Å². The molecule has 4 heteroatoms. The second-order valence-electron chi connectivity index (χ2n) is 4.34. The number of benzene rings is 1. The number of amides is 1. The highest BCUT2D eigenvalue weighted by molar-refractivity contribution is 5.75. The van der Waals surface area contributed by atoms with E-state index in [1.54, 1.807) is 29.2 Å². The molecule has 0 aliphatic heterocycles. The maximum atomic E-state index is 11.7. The smallest absolute Gasteiger partial charge is 0.225 e. The normalized spacial score (nSPS) is 10.1. The molecule has 0 spiro atoms. The van der Waals surface area contributed by atoms with Crippen molar-refractivity contribution in [2.45, 2.75) is 26.2 Å². The van der Waals surface area contributed by atoms with Gasteiger partial charge in [-0.1, -0.05) is 13.3 Å². The number of carbonyl (C=O) groups excluding carboxylic acids is 1. The van der Waals surface area contributed by atoms with Crippen LogP contribution in [0.3, 0.4) is 0 Å². The molecule has 0 saturated carbocycles. The van der Waals surface area contributed by atoms with Gasteiger partial charge >= 0.3 is 0 Å². The highest BCUT2D eigenvalue weighted by Crippen LogP contribution is 2.13. The van der Waals surface area contributed by atoms with E-state index >= 15 is 0 Å². The summed E-state index contributed by atoms with van der Waals surface area (Å²) < 4.78 is 5.48. The zero-order valence-corrected chi connectivity index (χ0v) is 11.2. The van der Waals surface area contributed by atoms with Gasteiger partial charge in [0, 0.05) is 19.3 Å². The lowest BCUT2D eigenvalue weighted by atomic mass is 10.3. The van der Waals surface area contributed by atoms with Gasteiger partial charge in [-0.2, -0.15) is 0 Å². The standard InChI is InChI=1S/C14H22N2O2/c1-3-4-10-16(2)14(17)9-11-18-13-7-5-12(15)6-8-13/h5-8H,3-4,9-11,15H2,1-2H3. The van der Waals surface area contributed by atoms with Gasteiger partial charge in [0.05, 0.1) is 13.0 Å². The van der Waals surface area contributed by atoms with Crippen LogP contribution < -0.4 is 10.5 Å². The Hall–Kier alpha value is -1.71. The van der Waals surface area contributed by atoms with Crippen LogP contribution in [0.4, 0.5) is 5.69 Å². The molecule has 0 bridgehead atoms. The van der Waals surface area contributed by atoms with Gasteiger partial charge in [0.2, 0.25) is 5.91 Å². The molecule has 0 aromatic heterocycles. The van der Waals surface area contributed by atoms with Gasteiger partial charge in [0.25, 0.3) is 0 Å². The van der Waals surface area contributed by atoms with Crippen molar-refractivity contribution in [3.05, 3.63) is 24.3 Å². The van der Waals surface area contributed by atoms with Gasteiger partial charge < -0.3 is 15.4 Å². The molecule has 1 amide bonds. The molecule has 0 fully saturated rings. The summed E-state index contributed by atoms with van der Waals surface area (Å²) in [5.74, 6) is 0.868. The summed E-state index contributed by atoms with van der Waals surface area (Å²) in [4.78, 5) is 13.5. The summed E-state index contributed by atoms with van der Waals surface area (Å²) in [6, 6.07) is 7.18. The molecular weight excluding hydrogens is 228 g/mol. The van der Waals surface area contributed by atoms with Crippen LogP contribution in [0, 0.1) is 0 Å². The fourth-order valence-electron chi connectivity index (χ4n) is 1.53. The highest BCUT2D eigenvalue weighted by Gasteiger charge is 2.07. The number of nitrogens with two attached hydrogens (primary N) is 1. The fraction of sp³-hybridized carbons (Fsp3) is 0.500. The Morgan fingerprint density at radius 1 is 1.33 bits per heavy atom. The van der Waals surface area contributed by atoms with E-state index in [9.17, 15) is 4.79 Å². The highest BCUT2D eigenvalue weighted by atomic mass is 16.5. The summed E-state index contributed by atoms with van der Waals surface area (Å²) >= 11 is 0. The van der Waals surface area contributed by atoms with Gasteiger partial charge in [-0.3, -0.25) is 4.79 Å². The lowest BCUT2D eigenvalue weighted by Crippen LogP contribution is -2.28. The van der Waals surface area contributed by atoms with Gasteiger partial charge in [-0.05, 0) is 30.7 Å². The Kier molecular flexibility index (Phi) is 6.05. The molecule has 18 heavy (non-hydrogen) atoms. The lowest BCUT2D eigenvalue weighted by Gasteiger charge is -2.16. The Morgan fingerprint density at radius 3 is 2.61 bits per heavy atom. The number of rotatable bonds is 7. The average molecular weight is 250 g/mol. The zero-order valence-electron chi connectivity index (χ0n) is 11.2. The first-order valence-corrected chi connectivity index (χ1v) is 6.35. The summed E-state index contributed by atoms with van der Waals surface area (Å²) in [6.07, 6.45) is 2.55. The molecule has 0 aliphatic carbocycles. The van der Waals surface area contributed by atoms with Crippen LogP contribution in [-0.4, -0.2) is 31.0 Å². The van der Waals surface area contributed by atoms with Gasteiger partial charge in [-0.15, -0.1) is 0 Å². The summed E-state index contributed by atoms with van der Waals surface area (Å²) in [6.45, 7) is 3.33. The summed E-state index contributed by atoms with van der Waals surface area (Å²) in [5.41, 5.74) is 6.28. The molecule has 0 saturated heterocycles. The molecule has 4 nitrogen and oxygen atoms in total. The van der Waals surface area contributed by atoms with Crippen molar-refractivity contribution in [2.75, 3.05) is 25.9 Å². The summed E-state index contributed by atoms with van der Waals surface area (Å²) in [5, 5.41) is 0. The van der Waals surface area contributed by atoms with Crippen molar-refractivity contribution in [3.8, 4) is 5.75 Å². The molecule has 0 heterocycles. The second-order valence-corrected chi connectivity index (χ2v) is 4.34. The van der Waals surface area contributed by atoms with E-state index in [1.165, 1.54) is 0 Å². The van der Waals surface area contributed by atoms with Crippen molar-refractivity contribution in [1.82, 2.24) is 4.90 Å². The maximum absolute atomic E-state index is 11.7. The number of carbonyl (C=O) groups is 1. The van der Waals surface area contributed by atoms with Crippen LogP contribution in [-0.2, 0) is 4.79 Å². The van der Waals surface area contributed by atoms with E-state index in [1.807, 2.05) is 7.05 Å². The number of anilines is 1. The number of unbranched alkanes of at least 4 members (excludes halogenated alkanes) is 1. The molecule has 1 aromatic carbocycles. The van der Waals surface area contributed by atoms with Crippen LogP contribution in [0.1, 0.15) is 26.2 Å². The number of hydrogen-bond acceptors (Lipinski definition) is 3. The third kappa shape index (κ3) is 5.08. The molecule has 1 rings (SSSR count). The molecule has 0 radical (unpaired) electrons. The second kappa shape index (κ2) is 7.58. The SMILES string of the molecule is CCCCN(C)C(=O)CCOc1ccc(N)cc1. The fourth-order valence-corrected chi connectivity index (χ4v) is 1.53. The quantitative estimate of drug-likeness (QED) is 0.755. The van der Waals surface area contributed by atoms with E-state index < -0.39 is 0 Å². The first-order valence-electron chi connectivity index (χ1n) is 6.35. The van der Waals surface area contributed by atoms with E-state index in [0.29, 0.717) is 18.7 Å². The van der Waals surface area contributed by atoms with Crippen molar-refractivity contribution in [2.24, 2.45) is 0 Å². The summed E-state index contributed by atoms with van der Waals surface area (Å²) in [7, 11) is 1.83. The van der Waals surface area contributed by atoms with Crippen molar-refractivity contribution in [1.29, 1.82) is 0 Å². The third-order valence-corrected chi connectivity index (χ3v) is 2.74. The van der Waals surface area contributed by atoms with Crippen molar-refractivity contribution in [3.63, 3.8) is 0 Å². The third-order valence-electron chi connectivity index (χ3n) is 2.74. The molecule has 0 atom stereocenters. The molecule has 0 aliphatic rings. The predicted molar refractivity (Wildman–Crippen MR) is 73.5 cm³/mol. The van der Waals surface area contributed by atoms with E-state index in [0.717, 1.165) is 25.1 Å². The minimum Gasteiger partial charge on any atom is -0.493 e. The number of nitrogens with zero attached hydrogens (tertiary/aromatic N) is 1. The Morgan fingerprint density at radius 2 is 2.00 bits per heavy atom. The molecule has 1 aromatic rings. The maximum Gasteiger partial charge on any atom is 0.225 e. The molecule has 0 unspecified atom stereocenters. The number of nitrogen functional groups attached to an aromatic ring is 1. The van der Waals surface area contributed by atoms with E-state index in [4.69, 9.17) is 10.5 Å². The number of ether oxygens (including phenoxy) is 1. The van der Waals surface area contributed by atoms with E-state index in [2.05, 4.69) is 6.92 Å². The molecule has 100 valence electrons. The first-order chi connectivity index (χ1) is 8.63. The topological polar surface area (TPSA) is 55.6 Å². The van der Waals surface area contributed by atoms with Gasteiger partial charge in [0.1, 0.15) is 5.75 Å². The zero-order chi connectivity index (χ0) is 13.4. The van der Waals surface area contributed by atoms with Crippen molar-refractivity contribution < 1.29 is 9.53 Å². The Bertz CT molecular complexity index is 363. The average Bonchev–Trinajstić information content (AvgIpc) is 2.38. The lowest BCUT2D eigenvalue weighted by molar-refractivity contribution is -0.130. The van der Waals surface area contributed by atoms with Gasteiger partial charge in [-0.25, -0.2) is 0 Å². The van der Waals surface area contributed by atoms with Crippen molar-refractivity contribution >= 4 is 11.6 Å². The van der Waals surface area contributed by atoms with Crippen LogP contribution in [0.25, 0.3) is 0 Å². The monoisotopic (exact) mass is 250 g/mol. The van der Waals surface area contributed by atoms with Gasteiger partial charge in [0.15, 0.2) is 0 Å². The first kappa shape index (κ1) is 14.4. The Balaban J connectivity index is 2.24. The number of hydrogen-bond donors (Lipinski definition) is 1. The largest absolute Gasteiger partial charge is 0.493 e. The predicted octanol–water partition coefficient (Wildman–Crippen LogP) is 2.30. The van der Waals surface area contributed by atoms with E-state index in [-0.39, 0.29) is 5.91 Å².